The van der Waals surface area contributed by atoms with E-state index in [1.54, 1.807) is 29.2 Å². The van der Waals surface area contributed by atoms with E-state index in [4.69, 9.17) is 11.6 Å². The van der Waals surface area contributed by atoms with Gasteiger partial charge >= 0.3 is 6.18 Å². The molecule has 38 heavy (non-hydrogen) atoms. The molecule has 3 aromatic rings. The Morgan fingerprint density at radius 3 is 2.24 bits per heavy atom. The number of anilines is 2. The maximum atomic E-state index is 13.5. The lowest BCUT2D eigenvalue weighted by Gasteiger charge is -2.26. The third kappa shape index (κ3) is 5.94. The van der Waals surface area contributed by atoms with Gasteiger partial charge in [0.05, 0.1) is 32.4 Å². The van der Waals surface area contributed by atoms with Crippen LogP contribution in [0.2, 0.25) is 5.02 Å². The Hall–Kier alpha value is -3.57. The van der Waals surface area contributed by atoms with Gasteiger partial charge in [0.2, 0.25) is 5.91 Å². The van der Waals surface area contributed by atoms with E-state index in [0.717, 1.165) is 25.0 Å². The number of halogens is 4. The molecule has 0 bridgehead atoms. The minimum Gasteiger partial charge on any atom is -0.339 e. The van der Waals surface area contributed by atoms with Crippen LogP contribution >= 0.6 is 11.6 Å². The molecule has 1 aliphatic heterocycles. The molecule has 1 saturated heterocycles. The molecule has 1 heterocycles. The lowest BCUT2D eigenvalue weighted by molar-refractivity contribution is -0.137. The van der Waals surface area contributed by atoms with Gasteiger partial charge in [-0.05, 0) is 55.3 Å². The predicted octanol–water partition coefficient (Wildman–Crippen LogP) is 5.43. The number of carbonyl (C=O) groups excluding carboxylic acids is 2. The average Bonchev–Trinajstić information content (AvgIpc) is 3.43. The van der Waals surface area contributed by atoms with Crippen LogP contribution < -0.4 is 9.62 Å². The zero-order valence-electron chi connectivity index (χ0n) is 19.9. The number of hydrogen-bond donors (Lipinski definition) is 1. The van der Waals surface area contributed by atoms with Crippen LogP contribution in [-0.4, -0.2) is 44.8 Å². The highest BCUT2D eigenvalue weighted by Crippen LogP contribution is 2.37. The number of nitrogens with zero attached hydrogens (tertiary/aromatic N) is 2. The number of alkyl halides is 3. The van der Waals surface area contributed by atoms with Gasteiger partial charge in [-0.2, -0.15) is 13.2 Å². The van der Waals surface area contributed by atoms with E-state index < -0.39 is 39.9 Å². The molecule has 0 atom stereocenters. The number of sulfonamides is 1. The molecule has 4 rings (SSSR count). The topological polar surface area (TPSA) is 86.8 Å². The number of carbonyl (C=O) groups is 2. The highest BCUT2D eigenvalue weighted by Gasteiger charge is 2.34. The molecule has 0 saturated carbocycles. The van der Waals surface area contributed by atoms with Crippen LogP contribution in [-0.2, 0) is 21.0 Å². The summed E-state index contributed by atoms with van der Waals surface area (Å²) < 4.78 is 67.9. The Bertz CT molecular complexity index is 1440. The van der Waals surface area contributed by atoms with Crippen molar-refractivity contribution in [2.45, 2.75) is 23.9 Å². The third-order valence-corrected chi connectivity index (χ3v) is 8.08. The number of rotatable bonds is 7. The van der Waals surface area contributed by atoms with E-state index in [-0.39, 0.29) is 27.1 Å². The molecule has 2 amide bonds. The maximum Gasteiger partial charge on any atom is 0.416 e. The molecule has 7 nitrogen and oxygen atoms in total. The van der Waals surface area contributed by atoms with Gasteiger partial charge in [0.1, 0.15) is 6.54 Å². The summed E-state index contributed by atoms with van der Waals surface area (Å²) in [5, 5.41) is 2.25. The highest BCUT2D eigenvalue weighted by atomic mass is 35.5. The van der Waals surface area contributed by atoms with Gasteiger partial charge in [0, 0.05) is 13.1 Å². The fraction of sp³-hybridized carbons (Fsp3) is 0.231. The Morgan fingerprint density at radius 2 is 1.58 bits per heavy atom. The van der Waals surface area contributed by atoms with Gasteiger partial charge in [0.25, 0.3) is 15.9 Å². The number of amides is 2. The van der Waals surface area contributed by atoms with Gasteiger partial charge in [-0.1, -0.05) is 41.9 Å². The van der Waals surface area contributed by atoms with E-state index in [0.29, 0.717) is 23.5 Å². The van der Waals surface area contributed by atoms with Crippen molar-refractivity contribution < 1.29 is 31.2 Å². The molecule has 200 valence electrons. The van der Waals surface area contributed by atoms with E-state index >= 15 is 0 Å². The van der Waals surface area contributed by atoms with Crippen LogP contribution in [0, 0.1) is 0 Å². The molecule has 0 aliphatic carbocycles. The number of hydrogen-bond acceptors (Lipinski definition) is 4. The van der Waals surface area contributed by atoms with Crippen molar-refractivity contribution >= 4 is 44.8 Å². The smallest absolute Gasteiger partial charge is 0.339 e. The van der Waals surface area contributed by atoms with Gasteiger partial charge in [0.15, 0.2) is 0 Å². The minimum atomic E-state index is -4.78. The number of likely N-dealkylation sites (tertiary alicyclic amines) is 1. The zero-order chi connectivity index (χ0) is 27.5. The molecule has 1 aliphatic rings. The summed E-state index contributed by atoms with van der Waals surface area (Å²) in [5.41, 5.74) is -1.27. The third-order valence-electron chi connectivity index (χ3n) is 5.99. The van der Waals surface area contributed by atoms with Crippen molar-refractivity contribution in [2.75, 3.05) is 29.3 Å². The SMILES string of the molecule is O=C(CN(c1cc(C(F)(F)F)ccc1Cl)S(=O)(=O)c1ccccc1)Nc1ccccc1C(=O)N1CCCC1. The summed E-state index contributed by atoms with van der Waals surface area (Å²) in [4.78, 5) is 27.5. The van der Waals surface area contributed by atoms with E-state index in [1.165, 1.54) is 30.3 Å². The predicted molar refractivity (Wildman–Crippen MR) is 138 cm³/mol. The average molecular weight is 566 g/mol. The molecule has 0 radical (unpaired) electrons. The first-order chi connectivity index (χ1) is 18.0. The second-order valence-electron chi connectivity index (χ2n) is 8.58. The lowest BCUT2D eigenvalue weighted by atomic mass is 10.1. The zero-order valence-corrected chi connectivity index (χ0v) is 21.5. The molecule has 1 N–H and O–H groups in total. The molecule has 0 spiro atoms. The Kier molecular flexibility index (Phi) is 7.98. The number of para-hydroxylation sites is 1. The van der Waals surface area contributed by atoms with Gasteiger partial charge in [-0.3, -0.25) is 13.9 Å². The van der Waals surface area contributed by atoms with Crippen LogP contribution in [0.15, 0.2) is 77.7 Å². The molecule has 12 heteroatoms. The van der Waals surface area contributed by atoms with Crippen LogP contribution in [0.1, 0.15) is 28.8 Å². The summed E-state index contributed by atoms with van der Waals surface area (Å²) in [6.07, 6.45) is -3.05. The fourth-order valence-corrected chi connectivity index (χ4v) is 5.81. The lowest BCUT2D eigenvalue weighted by Crippen LogP contribution is -2.39. The van der Waals surface area contributed by atoms with E-state index in [1.807, 2.05) is 0 Å². The van der Waals surface area contributed by atoms with Crippen molar-refractivity contribution in [3.8, 4) is 0 Å². The largest absolute Gasteiger partial charge is 0.416 e. The van der Waals surface area contributed by atoms with Crippen molar-refractivity contribution in [1.29, 1.82) is 0 Å². The van der Waals surface area contributed by atoms with Gasteiger partial charge in [-0.15, -0.1) is 0 Å². The summed E-state index contributed by atoms with van der Waals surface area (Å²) >= 11 is 6.16. The second-order valence-corrected chi connectivity index (χ2v) is 10.9. The monoisotopic (exact) mass is 565 g/mol. The molecule has 0 unspecified atom stereocenters. The summed E-state index contributed by atoms with van der Waals surface area (Å²) in [7, 11) is -4.52. The summed E-state index contributed by atoms with van der Waals surface area (Å²) in [5.74, 6) is -1.16. The Morgan fingerprint density at radius 1 is 0.947 bits per heavy atom. The minimum absolute atomic E-state index is 0.154. The summed E-state index contributed by atoms with van der Waals surface area (Å²) in [6.45, 7) is 0.265. The Labute approximate surface area is 222 Å². The van der Waals surface area contributed by atoms with E-state index in [9.17, 15) is 31.2 Å². The first-order valence-corrected chi connectivity index (χ1v) is 13.4. The van der Waals surface area contributed by atoms with Crippen LogP contribution in [0.3, 0.4) is 0 Å². The van der Waals surface area contributed by atoms with Crippen molar-refractivity contribution in [3.05, 3.63) is 88.9 Å². The van der Waals surface area contributed by atoms with Crippen molar-refractivity contribution in [3.63, 3.8) is 0 Å². The van der Waals surface area contributed by atoms with Gasteiger partial charge in [-0.25, -0.2) is 8.42 Å². The second kappa shape index (κ2) is 11.0. The summed E-state index contributed by atoms with van der Waals surface area (Å²) in [6, 6.07) is 15.5. The maximum absolute atomic E-state index is 13.5. The molecule has 1 fully saturated rings. The standard InChI is InChI=1S/C26H23ClF3N3O4S/c27-21-13-12-18(26(28,29)30)16-23(21)33(38(36,37)19-8-2-1-3-9-19)17-24(34)31-22-11-5-4-10-20(22)25(35)32-14-6-7-15-32/h1-5,8-13,16H,6-7,14-15,17H2,(H,31,34). The molecule has 0 aromatic heterocycles. The Balaban J connectivity index is 1.70. The van der Waals surface area contributed by atoms with Crippen LogP contribution in [0.4, 0.5) is 24.5 Å². The van der Waals surface area contributed by atoms with Crippen LogP contribution in [0.5, 0.6) is 0 Å². The fourth-order valence-electron chi connectivity index (χ4n) is 4.09. The molecular formula is C26H23ClF3N3O4S. The van der Waals surface area contributed by atoms with Crippen molar-refractivity contribution in [2.24, 2.45) is 0 Å². The quantitative estimate of drug-likeness (QED) is 0.414. The first kappa shape index (κ1) is 27.5. The molecular weight excluding hydrogens is 543 g/mol. The van der Waals surface area contributed by atoms with Crippen molar-refractivity contribution in [1.82, 2.24) is 4.90 Å². The molecule has 3 aromatic carbocycles. The van der Waals surface area contributed by atoms with Gasteiger partial charge < -0.3 is 10.2 Å². The first-order valence-electron chi connectivity index (χ1n) is 11.6. The number of nitrogens with one attached hydrogen (secondary N) is 1. The van der Waals surface area contributed by atoms with Crippen LogP contribution in [0.25, 0.3) is 0 Å². The highest BCUT2D eigenvalue weighted by molar-refractivity contribution is 7.92. The number of benzene rings is 3. The van der Waals surface area contributed by atoms with E-state index in [2.05, 4.69) is 5.32 Å². The normalized spacial score (nSPS) is 13.8.